The molecule has 5 rings (SSSR count). The van der Waals surface area contributed by atoms with Crippen molar-refractivity contribution in [3.8, 4) is 0 Å². The van der Waals surface area contributed by atoms with E-state index < -0.39 is 0 Å². The van der Waals surface area contributed by atoms with E-state index >= 15 is 0 Å². The SMILES string of the molecule is O[C@H]1CN(c2nc(NC3CC3)nc3c2CCNCC3)C[C@@H]1N1CCCC1. The smallest absolute Gasteiger partial charge is 0.225 e. The number of β-amino-alcohol motifs (C(OH)–C–C–N with tert-alkyl or cyclic N) is 1. The molecule has 3 fully saturated rings. The highest BCUT2D eigenvalue weighted by molar-refractivity contribution is 5.55. The lowest BCUT2D eigenvalue weighted by Gasteiger charge is -2.26. The van der Waals surface area contributed by atoms with Gasteiger partial charge in [-0.05, 0) is 51.7 Å². The maximum absolute atomic E-state index is 10.7. The summed E-state index contributed by atoms with van der Waals surface area (Å²) in [4.78, 5) is 14.6. The van der Waals surface area contributed by atoms with E-state index in [1.807, 2.05) is 0 Å². The van der Waals surface area contributed by atoms with Crippen LogP contribution in [0, 0.1) is 0 Å². The van der Waals surface area contributed by atoms with Gasteiger partial charge in [0, 0.05) is 37.7 Å². The number of nitrogens with one attached hydrogen (secondary N) is 2. The van der Waals surface area contributed by atoms with Gasteiger partial charge >= 0.3 is 0 Å². The Morgan fingerprint density at radius 2 is 1.85 bits per heavy atom. The number of fused-ring (bicyclic) bond motifs is 1. The number of aromatic nitrogens is 2. The summed E-state index contributed by atoms with van der Waals surface area (Å²) >= 11 is 0. The fraction of sp³-hybridized carbons (Fsp3) is 0.789. The van der Waals surface area contributed by atoms with Gasteiger partial charge in [0.15, 0.2) is 0 Å². The van der Waals surface area contributed by atoms with E-state index in [-0.39, 0.29) is 12.1 Å². The Balaban J connectivity index is 1.44. The van der Waals surface area contributed by atoms with Gasteiger partial charge < -0.3 is 20.6 Å². The molecule has 26 heavy (non-hydrogen) atoms. The highest BCUT2D eigenvalue weighted by Gasteiger charge is 2.38. The summed E-state index contributed by atoms with van der Waals surface area (Å²) in [5.74, 6) is 1.84. The molecular weight excluding hydrogens is 328 g/mol. The van der Waals surface area contributed by atoms with Crippen molar-refractivity contribution in [3.63, 3.8) is 0 Å². The van der Waals surface area contributed by atoms with Crippen LogP contribution in [0.4, 0.5) is 11.8 Å². The average Bonchev–Trinajstić information content (AvgIpc) is 3.21. The van der Waals surface area contributed by atoms with Crippen molar-refractivity contribution in [2.24, 2.45) is 0 Å². The molecule has 0 aromatic carbocycles. The van der Waals surface area contributed by atoms with Crippen LogP contribution >= 0.6 is 0 Å². The van der Waals surface area contributed by atoms with Gasteiger partial charge in [-0.1, -0.05) is 0 Å². The zero-order chi connectivity index (χ0) is 17.5. The Bertz CT molecular complexity index is 658. The molecule has 2 atom stereocenters. The topological polar surface area (TPSA) is 76.5 Å². The van der Waals surface area contributed by atoms with E-state index in [1.165, 1.54) is 36.9 Å². The van der Waals surface area contributed by atoms with Gasteiger partial charge in [0.1, 0.15) is 5.82 Å². The van der Waals surface area contributed by atoms with Crippen LogP contribution in [0.15, 0.2) is 0 Å². The normalized spacial score (nSPS) is 29.7. The summed E-state index contributed by atoms with van der Waals surface area (Å²) in [6.07, 6.45) is 6.59. The number of rotatable bonds is 4. The van der Waals surface area contributed by atoms with Gasteiger partial charge in [0.25, 0.3) is 0 Å². The molecule has 142 valence electrons. The number of anilines is 2. The van der Waals surface area contributed by atoms with Crippen molar-refractivity contribution in [2.45, 2.75) is 56.7 Å². The zero-order valence-corrected chi connectivity index (χ0v) is 15.5. The minimum atomic E-state index is -0.289. The molecule has 3 aliphatic heterocycles. The van der Waals surface area contributed by atoms with Crippen LogP contribution in [0.25, 0.3) is 0 Å². The molecule has 0 amide bonds. The van der Waals surface area contributed by atoms with Crippen molar-refractivity contribution in [1.29, 1.82) is 0 Å². The maximum atomic E-state index is 10.7. The summed E-state index contributed by atoms with van der Waals surface area (Å²) < 4.78 is 0. The van der Waals surface area contributed by atoms with Crippen molar-refractivity contribution < 1.29 is 5.11 Å². The molecule has 0 unspecified atom stereocenters. The largest absolute Gasteiger partial charge is 0.390 e. The summed E-state index contributed by atoms with van der Waals surface area (Å²) in [6, 6.07) is 0.790. The quantitative estimate of drug-likeness (QED) is 0.718. The second-order valence-electron chi connectivity index (χ2n) is 8.25. The molecule has 0 spiro atoms. The van der Waals surface area contributed by atoms with E-state index in [9.17, 15) is 5.11 Å². The molecule has 1 aromatic rings. The molecule has 0 bridgehead atoms. The Labute approximate surface area is 155 Å². The molecule has 4 heterocycles. The first kappa shape index (κ1) is 16.7. The molecule has 1 saturated carbocycles. The van der Waals surface area contributed by atoms with Gasteiger partial charge in [-0.3, -0.25) is 4.90 Å². The number of aliphatic hydroxyl groups is 1. The van der Waals surface area contributed by atoms with E-state index in [2.05, 4.69) is 20.4 Å². The molecule has 1 aromatic heterocycles. The van der Waals surface area contributed by atoms with Crippen molar-refractivity contribution in [3.05, 3.63) is 11.3 Å². The van der Waals surface area contributed by atoms with Crippen LogP contribution in [0.5, 0.6) is 0 Å². The molecule has 3 N–H and O–H groups in total. The molecular formula is C19H30N6O. The molecule has 2 saturated heterocycles. The van der Waals surface area contributed by atoms with Gasteiger partial charge in [0.05, 0.1) is 17.8 Å². The first-order chi connectivity index (χ1) is 12.8. The van der Waals surface area contributed by atoms with Crippen LogP contribution in [0.2, 0.25) is 0 Å². The van der Waals surface area contributed by atoms with Gasteiger partial charge in [0.2, 0.25) is 5.95 Å². The lowest BCUT2D eigenvalue weighted by molar-refractivity contribution is 0.0986. The van der Waals surface area contributed by atoms with E-state index in [0.717, 1.165) is 57.3 Å². The number of hydrogen-bond donors (Lipinski definition) is 3. The summed E-state index contributed by atoms with van der Waals surface area (Å²) in [5, 5.41) is 17.7. The molecule has 0 radical (unpaired) electrons. The Hall–Kier alpha value is -1.44. The van der Waals surface area contributed by atoms with Crippen LogP contribution < -0.4 is 15.5 Å². The first-order valence-corrected chi connectivity index (χ1v) is 10.3. The zero-order valence-electron chi connectivity index (χ0n) is 15.5. The predicted octanol–water partition coefficient (Wildman–Crippen LogP) is 0.384. The average molecular weight is 358 g/mol. The lowest BCUT2D eigenvalue weighted by atomic mass is 10.1. The standard InChI is InChI=1S/C19H30N6O/c26-17-12-25(11-16(17)24-9-1-2-10-24)18-14-5-7-20-8-6-15(14)22-19(23-18)21-13-3-4-13/h13,16-17,20,26H,1-12H2,(H,21,22,23)/t16-,17-/m0/s1. The number of nitrogens with zero attached hydrogens (tertiary/aromatic N) is 4. The van der Waals surface area contributed by atoms with Gasteiger partial charge in [-0.15, -0.1) is 0 Å². The second-order valence-corrected chi connectivity index (χ2v) is 8.25. The summed E-state index contributed by atoms with van der Waals surface area (Å²) in [7, 11) is 0. The van der Waals surface area contributed by atoms with E-state index in [0.29, 0.717) is 12.6 Å². The van der Waals surface area contributed by atoms with Crippen LogP contribution in [-0.2, 0) is 12.8 Å². The van der Waals surface area contributed by atoms with Crippen molar-refractivity contribution in [1.82, 2.24) is 20.2 Å². The monoisotopic (exact) mass is 358 g/mol. The van der Waals surface area contributed by atoms with Gasteiger partial charge in [-0.25, -0.2) is 4.98 Å². The van der Waals surface area contributed by atoms with Crippen LogP contribution in [0.3, 0.4) is 0 Å². The highest BCUT2D eigenvalue weighted by atomic mass is 16.3. The number of hydrogen-bond acceptors (Lipinski definition) is 7. The first-order valence-electron chi connectivity index (χ1n) is 10.3. The van der Waals surface area contributed by atoms with Crippen molar-refractivity contribution >= 4 is 11.8 Å². The highest BCUT2D eigenvalue weighted by Crippen LogP contribution is 2.31. The number of likely N-dealkylation sites (tertiary alicyclic amines) is 1. The molecule has 1 aliphatic carbocycles. The van der Waals surface area contributed by atoms with Crippen molar-refractivity contribution in [2.75, 3.05) is 49.5 Å². The summed E-state index contributed by atoms with van der Waals surface area (Å²) in [5.41, 5.74) is 2.47. The third-order valence-electron chi connectivity index (χ3n) is 6.24. The molecule has 7 nitrogen and oxygen atoms in total. The third kappa shape index (κ3) is 3.28. The second kappa shape index (κ2) is 6.94. The predicted molar refractivity (Wildman–Crippen MR) is 102 cm³/mol. The van der Waals surface area contributed by atoms with Crippen LogP contribution in [-0.4, -0.2) is 77.4 Å². The fourth-order valence-corrected chi connectivity index (χ4v) is 4.64. The number of aliphatic hydroxyl groups excluding tert-OH is 1. The lowest BCUT2D eigenvalue weighted by Crippen LogP contribution is -2.41. The maximum Gasteiger partial charge on any atom is 0.225 e. The summed E-state index contributed by atoms with van der Waals surface area (Å²) in [6.45, 7) is 5.75. The Morgan fingerprint density at radius 1 is 1.04 bits per heavy atom. The molecule has 7 heteroatoms. The Kier molecular flexibility index (Phi) is 4.46. The van der Waals surface area contributed by atoms with Crippen LogP contribution in [0.1, 0.15) is 36.9 Å². The fourth-order valence-electron chi connectivity index (χ4n) is 4.64. The van der Waals surface area contributed by atoms with E-state index in [4.69, 9.17) is 9.97 Å². The minimum absolute atomic E-state index is 0.242. The molecule has 4 aliphatic rings. The minimum Gasteiger partial charge on any atom is -0.390 e. The Morgan fingerprint density at radius 3 is 2.65 bits per heavy atom. The van der Waals surface area contributed by atoms with Gasteiger partial charge in [-0.2, -0.15) is 4.98 Å². The third-order valence-corrected chi connectivity index (χ3v) is 6.24. The van der Waals surface area contributed by atoms with E-state index in [1.54, 1.807) is 0 Å².